The van der Waals surface area contributed by atoms with Crippen molar-refractivity contribution in [1.82, 2.24) is 5.32 Å². The van der Waals surface area contributed by atoms with E-state index in [-0.39, 0.29) is 0 Å². The fraction of sp³-hybridized carbons (Fsp3) is 1.00. The highest BCUT2D eigenvalue weighted by atomic mass is 15.0. The lowest BCUT2D eigenvalue weighted by Gasteiger charge is -2.13. The summed E-state index contributed by atoms with van der Waals surface area (Å²) in [6.45, 7) is 4.43. The Kier molecular flexibility index (Phi) is 2.69. The topological polar surface area (TPSA) is 38.0 Å². The van der Waals surface area contributed by atoms with Crippen LogP contribution in [0.2, 0.25) is 0 Å². The molecule has 0 heterocycles. The van der Waals surface area contributed by atoms with Crippen LogP contribution < -0.4 is 11.1 Å². The van der Waals surface area contributed by atoms with E-state index in [2.05, 4.69) is 19.2 Å². The van der Waals surface area contributed by atoms with Gasteiger partial charge in [-0.15, -0.1) is 0 Å². The van der Waals surface area contributed by atoms with Crippen LogP contribution >= 0.6 is 0 Å². The van der Waals surface area contributed by atoms with Crippen molar-refractivity contribution >= 4 is 0 Å². The molecular formula is C8H18N2. The third-order valence-electron chi connectivity index (χ3n) is 2.28. The molecule has 2 atom stereocenters. The Morgan fingerprint density at radius 1 is 1.50 bits per heavy atom. The Labute approximate surface area is 63.2 Å². The van der Waals surface area contributed by atoms with Crippen LogP contribution in [-0.4, -0.2) is 18.1 Å². The molecule has 0 aliphatic heterocycles. The molecule has 10 heavy (non-hydrogen) atoms. The van der Waals surface area contributed by atoms with E-state index in [0.717, 1.165) is 0 Å². The van der Waals surface area contributed by atoms with Crippen LogP contribution in [0.1, 0.15) is 33.1 Å². The fourth-order valence-electron chi connectivity index (χ4n) is 1.23. The van der Waals surface area contributed by atoms with Gasteiger partial charge in [0.2, 0.25) is 0 Å². The standard InChI is InChI=1S/C8H18N2/c1-3-6(4-2)10-8-5-7(8)9/h6-8,10H,3-5,9H2,1-2H3. The minimum Gasteiger partial charge on any atom is -0.326 e. The third-order valence-corrected chi connectivity index (χ3v) is 2.28. The SMILES string of the molecule is CCC(CC)NC1CC1N. The molecule has 1 rings (SSSR count). The zero-order valence-corrected chi connectivity index (χ0v) is 6.93. The van der Waals surface area contributed by atoms with E-state index in [1.54, 1.807) is 0 Å². The summed E-state index contributed by atoms with van der Waals surface area (Å²) in [5.41, 5.74) is 5.66. The van der Waals surface area contributed by atoms with E-state index in [9.17, 15) is 0 Å². The largest absolute Gasteiger partial charge is 0.326 e. The first kappa shape index (κ1) is 8.02. The lowest BCUT2D eigenvalue weighted by molar-refractivity contribution is 0.477. The van der Waals surface area contributed by atoms with Crippen molar-refractivity contribution in [2.24, 2.45) is 5.73 Å². The minimum atomic E-state index is 0.445. The number of nitrogens with two attached hydrogens (primary N) is 1. The maximum absolute atomic E-state index is 5.66. The van der Waals surface area contributed by atoms with Gasteiger partial charge in [0.25, 0.3) is 0 Å². The van der Waals surface area contributed by atoms with Gasteiger partial charge in [0.05, 0.1) is 0 Å². The Morgan fingerprint density at radius 3 is 2.30 bits per heavy atom. The summed E-state index contributed by atoms with van der Waals surface area (Å²) in [7, 11) is 0. The van der Waals surface area contributed by atoms with Gasteiger partial charge >= 0.3 is 0 Å². The maximum atomic E-state index is 5.66. The van der Waals surface area contributed by atoms with Crippen LogP contribution in [0, 0.1) is 0 Å². The average molecular weight is 142 g/mol. The second-order valence-electron chi connectivity index (χ2n) is 3.19. The first-order valence-electron chi connectivity index (χ1n) is 4.29. The molecule has 1 aliphatic carbocycles. The van der Waals surface area contributed by atoms with Gasteiger partial charge < -0.3 is 11.1 Å². The van der Waals surface area contributed by atoms with Gasteiger partial charge in [-0.05, 0) is 19.3 Å². The molecule has 0 saturated heterocycles. The van der Waals surface area contributed by atoms with Gasteiger partial charge in [-0.1, -0.05) is 13.8 Å². The molecular weight excluding hydrogens is 124 g/mol. The van der Waals surface area contributed by atoms with Crippen LogP contribution in [0.3, 0.4) is 0 Å². The molecule has 0 radical (unpaired) electrons. The lowest BCUT2D eigenvalue weighted by atomic mass is 10.2. The average Bonchev–Trinajstić information content (AvgIpc) is 2.62. The molecule has 1 fully saturated rings. The minimum absolute atomic E-state index is 0.445. The Hall–Kier alpha value is -0.0800. The van der Waals surface area contributed by atoms with E-state index in [1.807, 2.05) is 0 Å². The van der Waals surface area contributed by atoms with Crippen molar-refractivity contribution in [3.8, 4) is 0 Å². The first-order valence-corrected chi connectivity index (χ1v) is 4.29. The number of rotatable bonds is 4. The normalized spacial score (nSPS) is 31.2. The van der Waals surface area contributed by atoms with Crippen LogP contribution in [0.25, 0.3) is 0 Å². The summed E-state index contributed by atoms with van der Waals surface area (Å²) in [6, 6.07) is 1.77. The van der Waals surface area contributed by atoms with Crippen molar-refractivity contribution in [2.45, 2.75) is 51.2 Å². The second-order valence-corrected chi connectivity index (χ2v) is 3.19. The molecule has 1 saturated carbocycles. The van der Waals surface area contributed by atoms with Crippen molar-refractivity contribution in [1.29, 1.82) is 0 Å². The quantitative estimate of drug-likeness (QED) is 0.611. The molecule has 2 nitrogen and oxygen atoms in total. The van der Waals surface area contributed by atoms with Gasteiger partial charge in [0.1, 0.15) is 0 Å². The molecule has 1 aliphatic rings. The summed E-state index contributed by atoms with van der Waals surface area (Å²) < 4.78 is 0. The summed E-state index contributed by atoms with van der Waals surface area (Å²) >= 11 is 0. The van der Waals surface area contributed by atoms with Gasteiger partial charge in [-0.3, -0.25) is 0 Å². The maximum Gasteiger partial charge on any atom is 0.0237 e. The highest BCUT2D eigenvalue weighted by Crippen LogP contribution is 2.19. The van der Waals surface area contributed by atoms with E-state index >= 15 is 0 Å². The molecule has 0 bridgehead atoms. The Bertz CT molecular complexity index is 99.4. The van der Waals surface area contributed by atoms with Gasteiger partial charge in [-0.25, -0.2) is 0 Å². The predicted molar refractivity (Wildman–Crippen MR) is 43.9 cm³/mol. The molecule has 2 unspecified atom stereocenters. The zero-order chi connectivity index (χ0) is 7.56. The highest BCUT2D eigenvalue weighted by Gasteiger charge is 2.33. The Balaban J connectivity index is 2.10. The zero-order valence-electron chi connectivity index (χ0n) is 6.93. The van der Waals surface area contributed by atoms with Crippen molar-refractivity contribution in [3.63, 3.8) is 0 Å². The van der Waals surface area contributed by atoms with Gasteiger partial charge in [0.15, 0.2) is 0 Å². The van der Waals surface area contributed by atoms with Crippen LogP contribution in [0.5, 0.6) is 0 Å². The molecule has 0 aromatic rings. The van der Waals surface area contributed by atoms with E-state index in [1.165, 1.54) is 19.3 Å². The number of hydrogen-bond acceptors (Lipinski definition) is 2. The van der Waals surface area contributed by atoms with E-state index in [4.69, 9.17) is 5.73 Å². The van der Waals surface area contributed by atoms with E-state index in [0.29, 0.717) is 18.1 Å². The fourth-order valence-corrected chi connectivity index (χ4v) is 1.23. The van der Waals surface area contributed by atoms with Crippen molar-refractivity contribution in [3.05, 3.63) is 0 Å². The van der Waals surface area contributed by atoms with Crippen LogP contribution in [0.4, 0.5) is 0 Å². The molecule has 0 aromatic carbocycles. The lowest BCUT2D eigenvalue weighted by Crippen LogP contribution is -2.32. The van der Waals surface area contributed by atoms with Crippen molar-refractivity contribution < 1.29 is 0 Å². The predicted octanol–water partition coefficient (Wildman–Crippen LogP) is 0.864. The van der Waals surface area contributed by atoms with Gasteiger partial charge in [0, 0.05) is 18.1 Å². The van der Waals surface area contributed by atoms with Crippen molar-refractivity contribution in [2.75, 3.05) is 0 Å². The van der Waals surface area contributed by atoms with Crippen LogP contribution in [0.15, 0.2) is 0 Å². The summed E-state index contributed by atoms with van der Waals surface area (Å²) in [4.78, 5) is 0. The second kappa shape index (κ2) is 3.35. The molecule has 0 spiro atoms. The molecule has 0 amide bonds. The smallest absolute Gasteiger partial charge is 0.0237 e. The molecule has 0 aromatic heterocycles. The Morgan fingerprint density at radius 2 is 2.00 bits per heavy atom. The monoisotopic (exact) mass is 142 g/mol. The van der Waals surface area contributed by atoms with Gasteiger partial charge in [-0.2, -0.15) is 0 Å². The highest BCUT2D eigenvalue weighted by molar-refractivity contribution is 4.98. The summed E-state index contributed by atoms with van der Waals surface area (Å²) in [5, 5.41) is 3.52. The summed E-state index contributed by atoms with van der Waals surface area (Å²) in [6.07, 6.45) is 3.62. The first-order chi connectivity index (χ1) is 4.77. The molecule has 3 N–H and O–H groups in total. The van der Waals surface area contributed by atoms with Crippen LogP contribution in [-0.2, 0) is 0 Å². The molecule has 2 heteroatoms. The number of nitrogens with one attached hydrogen (secondary N) is 1. The molecule has 60 valence electrons. The third kappa shape index (κ3) is 1.96. The van der Waals surface area contributed by atoms with E-state index < -0.39 is 0 Å². The number of hydrogen-bond donors (Lipinski definition) is 2. The summed E-state index contributed by atoms with van der Waals surface area (Å²) in [5.74, 6) is 0.